The van der Waals surface area contributed by atoms with E-state index in [1.165, 1.54) is 16.5 Å². The van der Waals surface area contributed by atoms with Crippen LogP contribution in [-0.2, 0) is 20.0 Å². The van der Waals surface area contributed by atoms with Gasteiger partial charge in [-0.25, -0.2) is 0 Å². The first-order valence-corrected chi connectivity index (χ1v) is 7.35. The van der Waals surface area contributed by atoms with E-state index in [4.69, 9.17) is 4.74 Å². The van der Waals surface area contributed by atoms with Gasteiger partial charge in [0.15, 0.2) is 0 Å². The maximum Gasteiger partial charge on any atom is 0.120 e. The Hall–Kier alpha value is -2.23. The molecule has 0 aliphatic rings. The van der Waals surface area contributed by atoms with Crippen molar-refractivity contribution in [3.05, 3.63) is 48.4 Å². The first-order chi connectivity index (χ1) is 10.1. The van der Waals surface area contributed by atoms with E-state index >= 15 is 0 Å². The van der Waals surface area contributed by atoms with Crippen molar-refractivity contribution < 1.29 is 4.74 Å². The third-order valence-electron chi connectivity index (χ3n) is 3.51. The average molecular weight is 283 g/mol. The van der Waals surface area contributed by atoms with E-state index in [1.807, 2.05) is 37.8 Å². The van der Waals surface area contributed by atoms with Crippen molar-refractivity contribution in [1.29, 1.82) is 0 Å². The summed E-state index contributed by atoms with van der Waals surface area (Å²) in [5, 5.41) is 5.43. The lowest BCUT2D eigenvalue weighted by molar-refractivity contribution is 0.243. The van der Waals surface area contributed by atoms with E-state index in [2.05, 4.69) is 40.3 Å². The molecule has 2 heterocycles. The van der Waals surface area contributed by atoms with Gasteiger partial charge < -0.3 is 9.30 Å². The van der Waals surface area contributed by atoms with Crippen LogP contribution in [0.1, 0.15) is 19.4 Å². The number of benzene rings is 1. The second-order valence-corrected chi connectivity index (χ2v) is 5.67. The topological polar surface area (TPSA) is 32.0 Å². The molecule has 0 N–H and O–H groups in total. The molecule has 0 radical (unpaired) electrons. The summed E-state index contributed by atoms with van der Waals surface area (Å²) in [6.07, 6.45) is 7.33. The molecule has 1 aromatic carbocycles. The lowest BCUT2D eigenvalue weighted by Crippen LogP contribution is -2.05. The maximum absolute atomic E-state index is 5.74. The van der Waals surface area contributed by atoms with Crippen LogP contribution in [0.4, 0.5) is 0 Å². The minimum Gasteiger partial charge on any atom is -0.491 e. The van der Waals surface area contributed by atoms with Crippen molar-refractivity contribution in [2.24, 2.45) is 7.05 Å². The summed E-state index contributed by atoms with van der Waals surface area (Å²) in [6.45, 7) is 5.05. The summed E-state index contributed by atoms with van der Waals surface area (Å²) >= 11 is 0. The molecule has 0 aliphatic heterocycles. The summed E-state index contributed by atoms with van der Waals surface area (Å²) in [5.74, 6) is 0.933. The first-order valence-electron chi connectivity index (χ1n) is 7.35. The Morgan fingerprint density at radius 2 is 2.10 bits per heavy atom. The number of fused-ring (bicyclic) bond motifs is 1. The van der Waals surface area contributed by atoms with E-state index in [0.717, 1.165) is 18.7 Å². The molecule has 4 heteroatoms. The number of hydrogen-bond donors (Lipinski definition) is 0. The normalized spacial score (nSPS) is 11.4. The molecule has 0 saturated heterocycles. The predicted octanol–water partition coefficient (Wildman–Crippen LogP) is 3.40. The predicted molar refractivity (Wildman–Crippen MR) is 84.6 cm³/mol. The molecule has 0 bridgehead atoms. The molecule has 110 valence electrons. The largest absolute Gasteiger partial charge is 0.491 e. The molecule has 0 fully saturated rings. The summed E-state index contributed by atoms with van der Waals surface area (Å²) in [4.78, 5) is 0. The van der Waals surface area contributed by atoms with Gasteiger partial charge in [0.2, 0.25) is 0 Å². The fourth-order valence-corrected chi connectivity index (χ4v) is 2.57. The molecule has 0 saturated carbocycles. The first kappa shape index (κ1) is 13.7. The monoisotopic (exact) mass is 283 g/mol. The van der Waals surface area contributed by atoms with Gasteiger partial charge in [0.05, 0.1) is 12.3 Å². The Morgan fingerprint density at radius 1 is 1.24 bits per heavy atom. The van der Waals surface area contributed by atoms with Crippen LogP contribution in [-0.4, -0.2) is 20.5 Å². The lowest BCUT2D eigenvalue weighted by Gasteiger charge is -2.10. The number of ether oxygens (including phenoxy) is 1. The second-order valence-electron chi connectivity index (χ2n) is 5.67. The SMILES string of the molecule is CC(C)Oc1ccc2c(ccn2CCc2cnn(C)c2)c1. The van der Waals surface area contributed by atoms with Gasteiger partial charge in [-0.3, -0.25) is 4.68 Å². The summed E-state index contributed by atoms with van der Waals surface area (Å²) in [5.41, 5.74) is 2.51. The van der Waals surface area contributed by atoms with Gasteiger partial charge >= 0.3 is 0 Å². The van der Waals surface area contributed by atoms with Crippen molar-refractivity contribution in [1.82, 2.24) is 14.3 Å². The van der Waals surface area contributed by atoms with Crippen LogP contribution in [0.5, 0.6) is 5.75 Å². The molecule has 0 atom stereocenters. The van der Waals surface area contributed by atoms with Gasteiger partial charge in [0.1, 0.15) is 5.75 Å². The minimum atomic E-state index is 0.204. The molecule has 0 unspecified atom stereocenters. The van der Waals surface area contributed by atoms with E-state index < -0.39 is 0 Å². The van der Waals surface area contributed by atoms with E-state index in [0.29, 0.717) is 0 Å². The van der Waals surface area contributed by atoms with E-state index in [9.17, 15) is 0 Å². The van der Waals surface area contributed by atoms with Gasteiger partial charge in [-0.2, -0.15) is 5.10 Å². The van der Waals surface area contributed by atoms with Gasteiger partial charge in [-0.05, 0) is 50.1 Å². The maximum atomic E-state index is 5.74. The van der Waals surface area contributed by atoms with E-state index in [1.54, 1.807) is 0 Å². The molecule has 0 spiro atoms. The second kappa shape index (κ2) is 5.64. The van der Waals surface area contributed by atoms with Gasteiger partial charge in [0, 0.05) is 36.9 Å². The Morgan fingerprint density at radius 3 is 2.81 bits per heavy atom. The number of aromatic nitrogens is 3. The van der Waals surface area contributed by atoms with Crippen LogP contribution >= 0.6 is 0 Å². The zero-order valence-corrected chi connectivity index (χ0v) is 12.8. The smallest absolute Gasteiger partial charge is 0.120 e. The third-order valence-corrected chi connectivity index (χ3v) is 3.51. The van der Waals surface area contributed by atoms with Crippen LogP contribution in [0.3, 0.4) is 0 Å². The summed E-state index contributed by atoms with van der Waals surface area (Å²) < 4.78 is 9.87. The highest BCUT2D eigenvalue weighted by Gasteiger charge is 2.05. The van der Waals surface area contributed by atoms with Crippen LogP contribution < -0.4 is 4.74 Å². The van der Waals surface area contributed by atoms with Gasteiger partial charge in [-0.15, -0.1) is 0 Å². The van der Waals surface area contributed by atoms with Gasteiger partial charge in [-0.1, -0.05) is 0 Å². The molecule has 0 aliphatic carbocycles. The van der Waals surface area contributed by atoms with Crippen molar-refractivity contribution in [2.75, 3.05) is 0 Å². The molecule has 3 rings (SSSR count). The van der Waals surface area contributed by atoms with Crippen LogP contribution in [0.25, 0.3) is 10.9 Å². The van der Waals surface area contributed by atoms with Crippen LogP contribution in [0.15, 0.2) is 42.9 Å². The summed E-state index contributed by atoms with van der Waals surface area (Å²) in [6, 6.07) is 8.43. The Labute approximate surface area is 124 Å². The Bertz CT molecular complexity index is 739. The molecule has 2 aromatic heterocycles. The fourth-order valence-electron chi connectivity index (χ4n) is 2.57. The number of aryl methyl sites for hydroxylation is 3. The lowest BCUT2D eigenvalue weighted by atomic mass is 10.2. The highest BCUT2D eigenvalue weighted by atomic mass is 16.5. The molecule has 21 heavy (non-hydrogen) atoms. The molecular weight excluding hydrogens is 262 g/mol. The Kier molecular flexibility index (Phi) is 3.69. The highest BCUT2D eigenvalue weighted by molar-refractivity contribution is 5.81. The highest BCUT2D eigenvalue weighted by Crippen LogP contribution is 2.23. The molecular formula is C17H21N3O. The molecule has 3 aromatic rings. The van der Waals surface area contributed by atoms with Crippen LogP contribution in [0, 0.1) is 0 Å². The third kappa shape index (κ3) is 3.10. The number of nitrogens with zero attached hydrogens (tertiary/aromatic N) is 3. The zero-order valence-electron chi connectivity index (χ0n) is 12.8. The average Bonchev–Trinajstić information content (AvgIpc) is 3.01. The molecule has 4 nitrogen and oxygen atoms in total. The van der Waals surface area contributed by atoms with E-state index in [-0.39, 0.29) is 6.10 Å². The van der Waals surface area contributed by atoms with Crippen molar-refractivity contribution in [3.63, 3.8) is 0 Å². The van der Waals surface area contributed by atoms with Crippen molar-refractivity contribution in [2.45, 2.75) is 32.9 Å². The molecule has 0 amide bonds. The quantitative estimate of drug-likeness (QED) is 0.718. The fraction of sp³-hybridized carbons (Fsp3) is 0.353. The Balaban J connectivity index is 1.77. The number of rotatable bonds is 5. The van der Waals surface area contributed by atoms with Crippen LogP contribution in [0.2, 0.25) is 0 Å². The zero-order chi connectivity index (χ0) is 14.8. The summed E-state index contributed by atoms with van der Waals surface area (Å²) in [7, 11) is 1.95. The number of hydrogen-bond acceptors (Lipinski definition) is 2. The van der Waals surface area contributed by atoms with Crippen molar-refractivity contribution >= 4 is 10.9 Å². The van der Waals surface area contributed by atoms with Gasteiger partial charge in [0.25, 0.3) is 0 Å². The van der Waals surface area contributed by atoms with Crippen molar-refractivity contribution in [3.8, 4) is 5.75 Å². The standard InChI is InChI=1S/C17H21N3O/c1-13(2)21-16-4-5-17-15(10-16)7-9-20(17)8-6-14-11-18-19(3)12-14/h4-5,7,9-13H,6,8H2,1-3H3. The minimum absolute atomic E-state index is 0.204.